The molecule has 0 fully saturated rings. The first-order valence-electron chi connectivity index (χ1n) is 7.85. The molecule has 2 aromatic carbocycles. The molecule has 0 radical (unpaired) electrons. The SMILES string of the molecule is CC(C)C(=O)NC(=S)Nc1ccc(-c2nc3cc(Cl)ccc3o2)c(O)c1. The van der Waals surface area contributed by atoms with Crippen molar-refractivity contribution >= 4 is 51.6 Å². The van der Waals surface area contributed by atoms with Gasteiger partial charge >= 0.3 is 0 Å². The number of halogens is 1. The highest BCUT2D eigenvalue weighted by Crippen LogP contribution is 2.33. The van der Waals surface area contributed by atoms with Gasteiger partial charge in [0.05, 0.1) is 5.56 Å². The van der Waals surface area contributed by atoms with E-state index in [0.717, 1.165) is 0 Å². The average Bonchev–Trinajstić information content (AvgIpc) is 2.97. The third kappa shape index (κ3) is 3.95. The van der Waals surface area contributed by atoms with Crippen LogP contribution in [-0.2, 0) is 4.79 Å². The number of oxazole rings is 1. The highest BCUT2D eigenvalue weighted by molar-refractivity contribution is 7.80. The van der Waals surface area contributed by atoms with Gasteiger partial charge in [-0.15, -0.1) is 0 Å². The van der Waals surface area contributed by atoms with Crippen molar-refractivity contribution in [2.75, 3.05) is 5.32 Å². The number of phenols is 1. The molecule has 0 saturated heterocycles. The van der Waals surface area contributed by atoms with Crippen molar-refractivity contribution in [2.45, 2.75) is 13.8 Å². The summed E-state index contributed by atoms with van der Waals surface area (Å²) in [7, 11) is 0. The van der Waals surface area contributed by atoms with E-state index in [-0.39, 0.29) is 28.6 Å². The fraction of sp³-hybridized carbons (Fsp3) is 0.167. The summed E-state index contributed by atoms with van der Waals surface area (Å²) in [4.78, 5) is 16.0. The number of carbonyl (C=O) groups is 1. The highest BCUT2D eigenvalue weighted by Gasteiger charge is 2.14. The molecule has 0 aliphatic heterocycles. The molecule has 3 rings (SSSR count). The molecule has 26 heavy (non-hydrogen) atoms. The van der Waals surface area contributed by atoms with E-state index in [1.54, 1.807) is 44.2 Å². The number of thiocarbonyl (C=S) groups is 1. The molecule has 1 heterocycles. The van der Waals surface area contributed by atoms with Gasteiger partial charge in [0, 0.05) is 22.7 Å². The molecule has 0 aliphatic rings. The van der Waals surface area contributed by atoms with Crippen LogP contribution in [0.4, 0.5) is 5.69 Å². The Labute approximate surface area is 160 Å². The lowest BCUT2D eigenvalue weighted by Gasteiger charge is -2.12. The number of phenolic OH excluding ortho intramolecular Hbond substituents is 1. The number of amides is 1. The van der Waals surface area contributed by atoms with Gasteiger partial charge in [-0.25, -0.2) is 4.98 Å². The molecule has 0 unspecified atom stereocenters. The van der Waals surface area contributed by atoms with Gasteiger partial charge in [0.2, 0.25) is 11.8 Å². The van der Waals surface area contributed by atoms with E-state index in [0.29, 0.717) is 27.4 Å². The number of hydrogen-bond acceptors (Lipinski definition) is 5. The molecule has 134 valence electrons. The first-order chi connectivity index (χ1) is 12.3. The maximum Gasteiger partial charge on any atom is 0.231 e. The van der Waals surface area contributed by atoms with Crippen LogP contribution in [0.5, 0.6) is 5.75 Å². The zero-order valence-electron chi connectivity index (χ0n) is 14.0. The fourth-order valence-corrected chi connectivity index (χ4v) is 2.61. The molecular weight excluding hydrogens is 374 g/mol. The minimum Gasteiger partial charge on any atom is -0.507 e. The van der Waals surface area contributed by atoms with Gasteiger partial charge < -0.3 is 20.2 Å². The molecule has 0 saturated carbocycles. The van der Waals surface area contributed by atoms with E-state index >= 15 is 0 Å². The van der Waals surface area contributed by atoms with Crippen molar-refractivity contribution in [3.63, 3.8) is 0 Å². The Morgan fingerprint density at radius 1 is 1.27 bits per heavy atom. The molecule has 0 aliphatic carbocycles. The number of hydrogen-bond donors (Lipinski definition) is 3. The Kier molecular flexibility index (Phi) is 5.11. The molecule has 3 aromatic rings. The van der Waals surface area contributed by atoms with Crippen LogP contribution >= 0.6 is 23.8 Å². The average molecular weight is 390 g/mol. The molecule has 0 spiro atoms. The van der Waals surface area contributed by atoms with Gasteiger partial charge in [0.1, 0.15) is 11.3 Å². The van der Waals surface area contributed by atoms with E-state index < -0.39 is 0 Å². The summed E-state index contributed by atoms with van der Waals surface area (Å²) in [6.07, 6.45) is 0. The number of aromatic hydroxyl groups is 1. The lowest BCUT2D eigenvalue weighted by Crippen LogP contribution is -2.36. The third-order valence-corrected chi connectivity index (χ3v) is 4.04. The van der Waals surface area contributed by atoms with E-state index in [2.05, 4.69) is 15.6 Å². The van der Waals surface area contributed by atoms with Crippen molar-refractivity contribution in [1.29, 1.82) is 0 Å². The molecule has 1 aromatic heterocycles. The van der Waals surface area contributed by atoms with Gasteiger partial charge in [-0.1, -0.05) is 25.4 Å². The zero-order valence-corrected chi connectivity index (χ0v) is 15.6. The summed E-state index contributed by atoms with van der Waals surface area (Å²) in [5.74, 6) is -0.126. The number of aromatic nitrogens is 1. The maximum absolute atomic E-state index is 11.6. The lowest BCUT2D eigenvalue weighted by atomic mass is 10.2. The van der Waals surface area contributed by atoms with Crippen molar-refractivity contribution in [3.05, 3.63) is 41.4 Å². The summed E-state index contributed by atoms with van der Waals surface area (Å²) in [5, 5.41) is 16.4. The van der Waals surface area contributed by atoms with E-state index in [1.165, 1.54) is 6.07 Å². The zero-order chi connectivity index (χ0) is 18.8. The van der Waals surface area contributed by atoms with E-state index in [1.807, 2.05) is 0 Å². The number of anilines is 1. The Balaban J connectivity index is 1.80. The smallest absolute Gasteiger partial charge is 0.231 e. The standard InChI is InChI=1S/C18H16ClN3O3S/c1-9(2)16(24)22-18(26)20-11-4-5-12(14(23)8-11)17-21-13-7-10(19)3-6-15(13)25-17/h3-9,23H,1-2H3,(H2,20,22,24,26). The summed E-state index contributed by atoms with van der Waals surface area (Å²) in [5.41, 5.74) is 2.13. The first kappa shape index (κ1) is 18.2. The summed E-state index contributed by atoms with van der Waals surface area (Å²) in [6, 6.07) is 9.94. The second kappa shape index (κ2) is 7.31. The topological polar surface area (TPSA) is 87.4 Å². The van der Waals surface area contributed by atoms with Crippen LogP contribution in [0.3, 0.4) is 0 Å². The number of carbonyl (C=O) groups excluding carboxylic acids is 1. The molecule has 6 nitrogen and oxygen atoms in total. The fourth-order valence-electron chi connectivity index (χ4n) is 2.22. The number of benzene rings is 2. The predicted octanol–water partition coefficient (Wildman–Crippen LogP) is 4.32. The van der Waals surface area contributed by atoms with Gasteiger partial charge in [-0.05, 0) is 42.5 Å². The number of rotatable bonds is 3. The normalized spacial score (nSPS) is 10.9. The molecule has 1 amide bonds. The molecular formula is C18H16ClN3O3S. The number of fused-ring (bicyclic) bond motifs is 1. The van der Waals surface area contributed by atoms with Crippen LogP contribution in [0, 0.1) is 5.92 Å². The van der Waals surface area contributed by atoms with Crippen LogP contribution in [0.2, 0.25) is 5.02 Å². The second-order valence-corrected chi connectivity index (χ2v) is 6.81. The second-order valence-electron chi connectivity index (χ2n) is 5.96. The van der Waals surface area contributed by atoms with E-state index in [4.69, 9.17) is 28.2 Å². The van der Waals surface area contributed by atoms with Gasteiger partial charge in [0.25, 0.3) is 0 Å². The number of nitrogens with zero attached hydrogens (tertiary/aromatic N) is 1. The van der Waals surface area contributed by atoms with Crippen molar-refractivity contribution in [3.8, 4) is 17.2 Å². The lowest BCUT2D eigenvalue weighted by molar-refractivity contribution is -0.122. The van der Waals surface area contributed by atoms with Crippen molar-refractivity contribution in [1.82, 2.24) is 10.3 Å². The highest BCUT2D eigenvalue weighted by atomic mass is 35.5. The molecule has 8 heteroatoms. The molecule has 0 atom stereocenters. The van der Waals surface area contributed by atoms with Crippen LogP contribution < -0.4 is 10.6 Å². The van der Waals surface area contributed by atoms with Crippen molar-refractivity contribution in [2.24, 2.45) is 5.92 Å². The van der Waals surface area contributed by atoms with Crippen LogP contribution in [0.1, 0.15) is 13.8 Å². The summed E-state index contributed by atoms with van der Waals surface area (Å²) in [6.45, 7) is 3.54. The summed E-state index contributed by atoms with van der Waals surface area (Å²) < 4.78 is 5.66. The van der Waals surface area contributed by atoms with Crippen LogP contribution in [0.25, 0.3) is 22.6 Å². The third-order valence-electron chi connectivity index (χ3n) is 3.60. The maximum atomic E-state index is 11.6. The largest absolute Gasteiger partial charge is 0.507 e. The number of nitrogens with one attached hydrogen (secondary N) is 2. The van der Waals surface area contributed by atoms with E-state index in [9.17, 15) is 9.90 Å². The predicted molar refractivity (Wildman–Crippen MR) is 105 cm³/mol. The van der Waals surface area contributed by atoms with Gasteiger partial charge in [0.15, 0.2) is 10.7 Å². The Morgan fingerprint density at radius 2 is 2.04 bits per heavy atom. The van der Waals surface area contributed by atoms with Gasteiger partial charge in [-0.2, -0.15) is 0 Å². The minimum absolute atomic E-state index is 0.0364. The Morgan fingerprint density at radius 3 is 2.73 bits per heavy atom. The van der Waals surface area contributed by atoms with Gasteiger partial charge in [-0.3, -0.25) is 4.79 Å². The van der Waals surface area contributed by atoms with Crippen molar-refractivity contribution < 1.29 is 14.3 Å². The molecule has 0 bridgehead atoms. The molecule has 3 N–H and O–H groups in total. The Hall–Kier alpha value is -2.64. The first-order valence-corrected chi connectivity index (χ1v) is 8.63. The summed E-state index contributed by atoms with van der Waals surface area (Å²) >= 11 is 11.0. The monoisotopic (exact) mass is 389 g/mol. The minimum atomic E-state index is -0.187. The Bertz CT molecular complexity index is 1000. The quantitative estimate of drug-likeness (QED) is 0.578. The van der Waals surface area contributed by atoms with Crippen LogP contribution in [-0.4, -0.2) is 21.1 Å². The van der Waals surface area contributed by atoms with Crippen LogP contribution in [0.15, 0.2) is 40.8 Å².